The Kier molecular flexibility index (Phi) is 8.78. The third-order valence-corrected chi connectivity index (χ3v) is 13.7. The summed E-state index contributed by atoms with van der Waals surface area (Å²) in [7, 11) is 0. The molecule has 0 spiro atoms. The number of benzene rings is 7. The number of rotatable bonds is 7. The normalized spacial score (nSPS) is 11.7. The van der Waals surface area contributed by atoms with Gasteiger partial charge in [0.1, 0.15) is 17.2 Å². The molecule has 8 heteroatoms. The summed E-state index contributed by atoms with van der Waals surface area (Å²) >= 11 is 0. The van der Waals surface area contributed by atoms with Gasteiger partial charge >= 0.3 is 0 Å². The lowest BCUT2D eigenvalue weighted by atomic mass is 9.76. The van der Waals surface area contributed by atoms with Crippen molar-refractivity contribution in [3.8, 4) is 73.1 Å². The number of pyridine rings is 3. The molecule has 7 aromatic heterocycles. The predicted molar refractivity (Wildman–Crippen MR) is 280 cm³/mol. The number of aromatic nitrogens is 5. The predicted octanol–water partition coefficient (Wildman–Crippen LogP) is 15.8. The summed E-state index contributed by atoms with van der Waals surface area (Å²) in [6.07, 6.45) is 10.9. The number of fused-ring (bicyclic) bond motifs is 10. The smallest absolute Gasteiger partial charge is 0.213 e. The number of furan rings is 2. The first kappa shape index (κ1) is 39.3. The zero-order chi connectivity index (χ0) is 46.3. The van der Waals surface area contributed by atoms with Crippen LogP contribution >= 0.6 is 0 Å². The van der Waals surface area contributed by atoms with E-state index in [1.807, 2.05) is 97.8 Å². The fourth-order valence-corrected chi connectivity index (χ4v) is 10.8. The second kappa shape index (κ2) is 15.6. The van der Waals surface area contributed by atoms with Crippen LogP contribution in [-0.2, 0) is 0 Å². The van der Waals surface area contributed by atoms with E-state index in [4.69, 9.17) is 8.83 Å². The number of para-hydroxylation sites is 4. The molecule has 0 bridgehead atoms. The molecule has 0 radical (unpaired) electrons. The van der Waals surface area contributed by atoms with Crippen molar-refractivity contribution in [3.63, 3.8) is 0 Å². The van der Waals surface area contributed by atoms with Crippen molar-refractivity contribution in [2.75, 3.05) is 0 Å². The van der Waals surface area contributed by atoms with Crippen LogP contribution in [0.3, 0.4) is 0 Å². The molecule has 0 aliphatic carbocycles. The molecule has 0 atom stereocenters. The van der Waals surface area contributed by atoms with Crippen molar-refractivity contribution < 1.29 is 8.83 Å². The van der Waals surface area contributed by atoms with Gasteiger partial charge in [-0.1, -0.05) is 97.1 Å². The average Bonchev–Trinajstić information content (AvgIpc) is 4.18. The van der Waals surface area contributed by atoms with E-state index in [0.717, 1.165) is 133 Å². The summed E-state index contributed by atoms with van der Waals surface area (Å²) in [6, 6.07) is 65.2. The van der Waals surface area contributed by atoms with Gasteiger partial charge in [-0.15, -0.1) is 0 Å². The van der Waals surface area contributed by atoms with Gasteiger partial charge in [0.25, 0.3) is 0 Å². The molecule has 0 aliphatic heterocycles. The summed E-state index contributed by atoms with van der Waals surface area (Å²) in [4.78, 5) is 13.4. The van der Waals surface area contributed by atoms with E-state index in [1.165, 1.54) is 0 Å². The highest BCUT2D eigenvalue weighted by Gasteiger charge is 2.29. The fourth-order valence-electron chi connectivity index (χ4n) is 10.8. The molecule has 326 valence electrons. The Morgan fingerprint density at radius 1 is 0.343 bits per heavy atom. The van der Waals surface area contributed by atoms with Crippen LogP contribution in [0, 0.1) is 11.3 Å². The molecule has 0 N–H and O–H groups in total. The Morgan fingerprint density at radius 2 is 0.671 bits per heavy atom. The van der Waals surface area contributed by atoms with Crippen LogP contribution in [0.2, 0.25) is 0 Å². The maximum absolute atomic E-state index is 11.8. The van der Waals surface area contributed by atoms with Crippen LogP contribution in [0.1, 0.15) is 5.56 Å². The standard InChI is InChI=1S/C62H36N6O2/c63-37-49-54(38-17-21-43(22-18-38)67-50-13-5-1-9-45(50)59-47-11-3-7-15-52(47)69-61(59)67)56(40-25-31-64-32-26-40)58(42-29-35-66-36-30-42)57(41-27-33-65-34-28-41)55(49)39-19-23-44(24-20-39)68-51-14-6-2-10-46(51)60-48-12-4-8-16-53(48)70-62(60)68/h1-36H. The van der Waals surface area contributed by atoms with Crippen LogP contribution in [0.25, 0.3) is 133 Å². The first-order chi connectivity index (χ1) is 34.7. The lowest BCUT2D eigenvalue weighted by molar-refractivity contribution is 0.645. The SMILES string of the molecule is N#Cc1c(-c2ccc(-n3c4ccccc4c4c5ccccc5oc43)cc2)c(-c2ccncc2)c(-c2ccncc2)c(-c2ccncc2)c1-c1ccc(-n2c3ccccc3c3c4ccccc4oc32)cc1. The maximum atomic E-state index is 11.8. The third kappa shape index (κ3) is 5.85. The van der Waals surface area contributed by atoms with Crippen molar-refractivity contribution in [2.45, 2.75) is 0 Å². The van der Waals surface area contributed by atoms with Crippen LogP contribution < -0.4 is 0 Å². The maximum Gasteiger partial charge on any atom is 0.213 e. The third-order valence-electron chi connectivity index (χ3n) is 13.7. The molecule has 7 aromatic carbocycles. The van der Waals surface area contributed by atoms with Gasteiger partial charge < -0.3 is 8.83 Å². The van der Waals surface area contributed by atoms with E-state index in [2.05, 4.69) is 151 Å². The van der Waals surface area contributed by atoms with Crippen LogP contribution in [0.15, 0.2) is 228 Å². The fraction of sp³-hybridized carbons (Fsp3) is 0. The Labute approximate surface area is 400 Å². The lowest BCUT2D eigenvalue weighted by Gasteiger charge is -2.26. The number of hydrogen-bond acceptors (Lipinski definition) is 6. The summed E-state index contributed by atoms with van der Waals surface area (Å²) in [5.41, 5.74) is 16.7. The molecular formula is C62H36N6O2. The quantitative estimate of drug-likeness (QED) is 0.158. The number of nitrogens with zero attached hydrogens (tertiary/aromatic N) is 6. The zero-order valence-corrected chi connectivity index (χ0v) is 37.3. The van der Waals surface area contributed by atoms with Crippen molar-refractivity contribution in [3.05, 3.63) is 225 Å². The molecule has 8 nitrogen and oxygen atoms in total. The molecule has 70 heavy (non-hydrogen) atoms. The largest absolute Gasteiger partial charge is 0.439 e. The molecule has 0 aliphatic rings. The zero-order valence-electron chi connectivity index (χ0n) is 37.3. The minimum absolute atomic E-state index is 0.536. The van der Waals surface area contributed by atoms with Gasteiger partial charge in [0.2, 0.25) is 11.4 Å². The van der Waals surface area contributed by atoms with Crippen molar-refractivity contribution in [2.24, 2.45) is 0 Å². The molecule has 0 saturated carbocycles. The highest BCUT2D eigenvalue weighted by molar-refractivity contribution is 6.21. The second-order valence-corrected chi connectivity index (χ2v) is 17.4. The molecular weight excluding hydrogens is 861 g/mol. The average molecular weight is 897 g/mol. The van der Waals surface area contributed by atoms with Crippen LogP contribution in [0.4, 0.5) is 0 Å². The van der Waals surface area contributed by atoms with E-state index in [-0.39, 0.29) is 0 Å². The van der Waals surface area contributed by atoms with Gasteiger partial charge in [0.15, 0.2) is 0 Å². The minimum Gasteiger partial charge on any atom is -0.439 e. The summed E-state index contributed by atoms with van der Waals surface area (Å²) in [6.45, 7) is 0. The van der Waals surface area contributed by atoms with Crippen molar-refractivity contribution in [1.29, 1.82) is 5.26 Å². The van der Waals surface area contributed by atoms with Gasteiger partial charge in [-0.25, -0.2) is 0 Å². The van der Waals surface area contributed by atoms with Crippen molar-refractivity contribution in [1.82, 2.24) is 24.1 Å². The van der Waals surface area contributed by atoms with Gasteiger partial charge in [-0.2, -0.15) is 5.26 Å². The molecule has 0 saturated heterocycles. The topological polar surface area (TPSA) is 98.6 Å². The first-order valence-electron chi connectivity index (χ1n) is 23.1. The minimum atomic E-state index is 0.536. The van der Waals surface area contributed by atoms with E-state index >= 15 is 0 Å². The summed E-state index contributed by atoms with van der Waals surface area (Å²) in [5.74, 6) is 0. The molecule has 14 aromatic rings. The van der Waals surface area contributed by atoms with Gasteiger partial charge in [-0.3, -0.25) is 24.1 Å². The van der Waals surface area contributed by atoms with Crippen LogP contribution in [-0.4, -0.2) is 24.1 Å². The molecule has 14 rings (SSSR count). The van der Waals surface area contributed by atoms with E-state index in [1.54, 1.807) is 0 Å². The summed E-state index contributed by atoms with van der Waals surface area (Å²) in [5, 5.41) is 18.4. The summed E-state index contributed by atoms with van der Waals surface area (Å²) < 4.78 is 17.6. The van der Waals surface area contributed by atoms with E-state index < -0.39 is 0 Å². The van der Waals surface area contributed by atoms with Crippen molar-refractivity contribution >= 4 is 65.9 Å². The molecule has 7 heterocycles. The Bertz CT molecular complexity index is 4130. The lowest BCUT2D eigenvalue weighted by Crippen LogP contribution is -2.03. The van der Waals surface area contributed by atoms with Gasteiger partial charge in [-0.05, 0) is 129 Å². The van der Waals surface area contributed by atoms with Gasteiger partial charge in [0, 0.05) is 81.2 Å². The molecule has 0 fully saturated rings. The first-order valence-corrected chi connectivity index (χ1v) is 23.1. The van der Waals surface area contributed by atoms with Gasteiger partial charge in [0.05, 0.1) is 27.4 Å². The highest BCUT2D eigenvalue weighted by Crippen LogP contribution is 2.53. The monoisotopic (exact) mass is 896 g/mol. The van der Waals surface area contributed by atoms with E-state index in [9.17, 15) is 5.26 Å². The number of nitriles is 1. The highest BCUT2D eigenvalue weighted by atomic mass is 16.3. The molecule has 0 unspecified atom stereocenters. The Hall–Kier alpha value is -9.84. The number of hydrogen-bond donors (Lipinski definition) is 0. The van der Waals surface area contributed by atoms with E-state index in [0.29, 0.717) is 5.56 Å². The Balaban J connectivity index is 1.04. The molecule has 0 amide bonds. The Morgan fingerprint density at radius 3 is 1.06 bits per heavy atom. The second-order valence-electron chi connectivity index (χ2n) is 17.4. The van der Waals surface area contributed by atoms with Crippen LogP contribution in [0.5, 0.6) is 0 Å².